The van der Waals surface area contributed by atoms with Gasteiger partial charge >= 0.3 is 0 Å². The van der Waals surface area contributed by atoms with Crippen molar-refractivity contribution in [3.8, 4) is 0 Å². The standard InChI is InChI=1S/C7H14O5S2/c1-2-3-12-14(10,11)5-6-4-7(6)13(8)9/h6-7H,2-5H2,1H3,(H,8,9)/p-1. The lowest BCUT2D eigenvalue weighted by molar-refractivity contribution is 0.317. The summed E-state index contributed by atoms with van der Waals surface area (Å²) in [5, 5.41) is -0.491. The molecule has 3 atom stereocenters. The molecule has 0 aromatic heterocycles. The Hall–Kier alpha value is 0.0200. The molecule has 1 fully saturated rings. The molecule has 3 unspecified atom stereocenters. The topological polar surface area (TPSA) is 83.5 Å². The van der Waals surface area contributed by atoms with Crippen molar-refractivity contribution in [2.24, 2.45) is 5.92 Å². The average Bonchev–Trinajstić information content (AvgIpc) is 2.79. The van der Waals surface area contributed by atoms with Gasteiger partial charge in [-0.3, -0.25) is 8.39 Å². The molecule has 0 heterocycles. The van der Waals surface area contributed by atoms with Crippen molar-refractivity contribution in [1.82, 2.24) is 0 Å². The molecule has 84 valence electrons. The first-order valence-electron chi connectivity index (χ1n) is 4.41. The van der Waals surface area contributed by atoms with E-state index in [9.17, 15) is 17.2 Å². The third kappa shape index (κ3) is 3.64. The average molecular weight is 241 g/mol. The third-order valence-corrected chi connectivity index (χ3v) is 4.42. The van der Waals surface area contributed by atoms with Crippen LogP contribution in [0.3, 0.4) is 0 Å². The van der Waals surface area contributed by atoms with Crippen LogP contribution in [0, 0.1) is 5.92 Å². The van der Waals surface area contributed by atoms with E-state index in [2.05, 4.69) is 4.18 Å². The van der Waals surface area contributed by atoms with Gasteiger partial charge in [0, 0.05) is 5.25 Å². The van der Waals surface area contributed by atoms with Crippen LogP contribution in [0.1, 0.15) is 19.8 Å². The second-order valence-electron chi connectivity index (χ2n) is 3.34. The van der Waals surface area contributed by atoms with Crippen LogP contribution in [0.5, 0.6) is 0 Å². The predicted octanol–water partition coefficient (Wildman–Crippen LogP) is 0.0104. The lowest BCUT2D eigenvalue weighted by Gasteiger charge is -2.05. The summed E-state index contributed by atoms with van der Waals surface area (Å²) in [7, 11) is -3.52. The summed E-state index contributed by atoms with van der Waals surface area (Å²) in [4.78, 5) is 0. The Morgan fingerprint density at radius 1 is 1.57 bits per heavy atom. The molecular weight excluding hydrogens is 228 g/mol. The molecule has 0 aromatic carbocycles. The Bertz CT molecular complexity index is 310. The third-order valence-electron chi connectivity index (χ3n) is 1.99. The molecule has 0 saturated heterocycles. The molecule has 0 N–H and O–H groups in total. The largest absolute Gasteiger partial charge is 0.772 e. The molecule has 14 heavy (non-hydrogen) atoms. The van der Waals surface area contributed by atoms with E-state index in [4.69, 9.17) is 0 Å². The lowest BCUT2D eigenvalue weighted by atomic mass is 10.5. The van der Waals surface area contributed by atoms with Crippen LogP contribution in [0.2, 0.25) is 0 Å². The number of hydrogen-bond acceptors (Lipinski definition) is 5. The lowest BCUT2D eigenvalue weighted by Crippen LogP contribution is -2.14. The summed E-state index contributed by atoms with van der Waals surface area (Å²) in [5.41, 5.74) is 0. The zero-order valence-corrected chi connectivity index (χ0v) is 9.47. The molecule has 7 heteroatoms. The fraction of sp³-hybridized carbons (Fsp3) is 1.00. The van der Waals surface area contributed by atoms with Crippen LogP contribution in [0.15, 0.2) is 0 Å². The molecule has 1 aliphatic carbocycles. The number of rotatable bonds is 6. The van der Waals surface area contributed by atoms with Crippen LogP contribution in [-0.2, 0) is 25.4 Å². The smallest absolute Gasteiger partial charge is 0.267 e. The first-order valence-corrected chi connectivity index (χ1v) is 7.13. The van der Waals surface area contributed by atoms with E-state index in [-0.39, 0.29) is 18.3 Å². The number of hydrogen-bond donors (Lipinski definition) is 0. The van der Waals surface area contributed by atoms with Gasteiger partial charge in [-0.25, -0.2) is 0 Å². The van der Waals surface area contributed by atoms with Crippen molar-refractivity contribution in [1.29, 1.82) is 0 Å². The van der Waals surface area contributed by atoms with E-state index < -0.39 is 26.4 Å². The van der Waals surface area contributed by atoms with Crippen LogP contribution in [0.25, 0.3) is 0 Å². The second-order valence-corrected chi connectivity index (χ2v) is 6.15. The predicted molar refractivity (Wildman–Crippen MR) is 50.8 cm³/mol. The van der Waals surface area contributed by atoms with Crippen molar-refractivity contribution < 1.29 is 21.4 Å². The SMILES string of the molecule is CCCOS(=O)(=O)CC1CC1S(=O)[O-]. The van der Waals surface area contributed by atoms with Crippen molar-refractivity contribution in [3.63, 3.8) is 0 Å². The van der Waals surface area contributed by atoms with Gasteiger partial charge in [-0.05, 0) is 18.8 Å². The van der Waals surface area contributed by atoms with Crippen molar-refractivity contribution in [2.45, 2.75) is 25.0 Å². The highest BCUT2D eigenvalue weighted by molar-refractivity contribution is 7.86. The Morgan fingerprint density at radius 2 is 2.21 bits per heavy atom. The molecule has 5 nitrogen and oxygen atoms in total. The molecule has 0 spiro atoms. The summed E-state index contributed by atoms with van der Waals surface area (Å²) in [5.74, 6) is -0.443. The second kappa shape index (κ2) is 4.69. The summed E-state index contributed by atoms with van der Waals surface area (Å²) < 4.78 is 47.9. The van der Waals surface area contributed by atoms with Gasteiger partial charge < -0.3 is 4.55 Å². The Balaban J connectivity index is 2.35. The van der Waals surface area contributed by atoms with Crippen LogP contribution >= 0.6 is 0 Å². The molecular formula is C7H13O5S2-. The van der Waals surface area contributed by atoms with Gasteiger partial charge in [0.05, 0.1) is 12.4 Å². The van der Waals surface area contributed by atoms with E-state index in [1.165, 1.54) is 0 Å². The zero-order chi connectivity index (χ0) is 10.8. The van der Waals surface area contributed by atoms with Crippen LogP contribution in [0.4, 0.5) is 0 Å². The van der Waals surface area contributed by atoms with E-state index in [1.54, 1.807) is 0 Å². The highest BCUT2D eigenvalue weighted by Crippen LogP contribution is 2.36. The minimum Gasteiger partial charge on any atom is -0.772 e. The first-order chi connectivity index (χ1) is 6.46. The normalized spacial score (nSPS) is 28.7. The Morgan fingerprint density at radius 3 is 2.64 bits per heavy atom. The maximum Gasteiger partial charge on any atom is 0.267 e. The highest BCUT2D eigenvalue weighted by atomic mass is 32.2. The van der Waals surface area contributed by atoms with E-state index in [0.29, 0.717) is 12.8 Å². The van der Waals surface area contributed by atoms with Gasteiger partial charge in [-0.2, -0.15) is 8.42 Å². The fourth-order valence-electron chi connectivity index (χ4n) is 1.15. The molecule has 0 radical (unpaired) electrons. The van der Waals surface area contributed by atoms with Crippen LogP contribution in [-0.4, -0.2) is 34.8 Å². The molecule has 1 aliphatic rings. The van der Waals surface area contributed by atoms with Gasteiger partial charge in [0.2, 0.25) is 0 Å². The summed E-state index contributed by atoms with van der Waals surface area (Å²) in [6.07, 6.45) is 1.06. The summed E-state index contributed by atoms with van der Waals surface area (Å²) >= 11 is -2.15. The molecule has 0 aliphatic heterocycles. The Kier molecular flexibility index (Phi) is 4.05. The summed E-state index contributed by atoms with van der Waals surface area (Å²) in [6, 6.07) is 0. The van der Waals surface area contributed by atoms with Gasteiger partial charge in [-0.1, -0.05) is 18.0 Å². The maximum atomic E-state index is 11.2. The monoisotopic (exact) mass is 241 g/mol. The zero-order valence-electron chi connectivity index (χ0n) is 7.84. The van der Waals surface area contributed by atoms with Gasteiger partial charge in [0.15, 0.2) is 0 Å². The van der Waals surface area contributed by atoms with E-state index >= 15 is 0 Å². The molecule has 0 aromatic rings. The van der Waals surface area contributed by atoms with Gasteiger partial charge in [-0.15, -0.1) is 0 Å². The minimum absolute atomic E-state index is 0.167. The fourth-order valence-corrected chi connectivity index (χ4v) is 3.50. The molecule has 0 amide bonds. The molecule has 1 saturated carbocycles. The highest BCUT2D eigenvalue weighted by Gasteiger charge is 2.41. The van der Waals surface area contributed by atoms with Gasteiger partial charge in [0.25, 0.3) is 10.1 Å². The first kappa shape index (κ1) is 12.1. The van der Waals surface area contributed by atoms with Crippen molar-refractivity contribution in [2.75, 3.05) is 12.4 Å². The van der Waals surface area contributed by atoms with Crippen molar-refractivity contribution >= 4 is 21.2 Å². The maximum absolute atomic E-state index is 11.2. The quantitative estimate of drug-likeness (QED) is 0.483. The van der Waals surface area contributed by atoms with Crippen LogP contribution < -0.4 is 0 Å². The van der Waals surface area contributed by atoms with E-state index in [0.717, 1.165) is 0 Å². The van der Waals surface area contributed by atoms with Crippen molar-refractivity contribution in [3.05, 3.63) is 0 Å². The molecule has 1 rings (SSSR count). The summed E-state index contributed by atoms with van der Waals surface area (Å²) in [6.45, 7) is 1.97. The minimum atomic E-state index is -3.52. The van der Waals surface area contributed by atoms with Gasteiger partial charge in [0.1, 0.15) is 0 Å². The molecule has 0 bridgehead atoms. The van der Waals surface area contributed by atoms with E-state index in [1.807, 2.05) is 6.92 Å². The Labute approximate surface area is 86.2 Å².